The molecule has 0 fully saturated rings. The van der Waals surface area contributed by atoms with Gasteiger partial charge in [0.15, 0.2) is 0 Å². The summed E-state index contributed by atoms with van der Waals surface area (Å²) in [5.41, 5.74) is 1.36. The Bertz CT molecular complexity index is 870. The Kier molecular flexibility index (Phi) is 5.08. The summed E-state index contributed by atoms with van der Waals surface area (Å²) in [6, 6.07) is 4.48. The van der Waals surface area contributed by atoms with Crippen molar-refractivity contribution in [1.29, 1.82) is 0 Å². The SMILES string of the molecule is Cc1cnn(CCC(=O)Nc2ncn(Cc3c(F)cccc3Cl)n2)c1. The van der Waals surface area contributed by atoms with Gasteiger partial charge in [0.2, 0.25) is 11.9 Å². The molecule has 130 valence electrons. The van der Waals surface area contributed by atoms with E-state index in [9.17, 15) is 9.18 Å². The third kappa shape index (κ3) is 4.42. The second-order valence-corrected chi connectivity index (χ2v) is 5.95. The minimum Gasteiger partial charge on any atom is -0.293 e. The van der Waals surface area contributed by atoms with Crippen LogP contribution in [-0.4, -0.2) is 30.5 Å². The smallest absolute Gasteiger partial charge is 0.248 e. The zero-order chi connectivity index (χ0) is 17.8. The lowest BCUT2D eigenvalue weighted by Gasteiger charge is -2.05. The highest BCUT2D eigenvalue weighted by Crippen LogP contribution is 2.19. The number of anilines is 1. The van der Waals surface area contributed by atoms with Gasteiger partial charge < -0.3 is 0 Å². The van der Waals surface area contributed by atoms with Crippen molar-refractivity contribution in [2.45, 2.75) is 26.4 Å². The monoisotopic (exact) mass is 362 g/mol. The molecule has 0 aliphatic rings. The topological polar surface area (TPSA) is 77.6 Å². The summed E-state index contributed by atoms with van der Waals surface area (Å²) < 4.78 is 16.9. The Hall–Kier alpha value is -2.74. The van der Waals surface area contributed by atoms with Gasteiger partial charge in [0, 0.05) is 29.7 Å². The summed E-state index contributed by atoms with van der Waals surface area (Å²) in [5, 5.41) is 11.1. The molecule has 3 aromatic rings. The van der Waals surface area contributed by atoms with Crippen LogP contribution in [0.3, 0.4) is 0 Å². The van der Waals surface area contributed by atoms with Crippen molar-refractivity contribution in [2.24, 2.45) is 0 Å². The Morgan fingerprint density at radius 3 is 2.92 bits per heavy atom. The first-order valence-electron chi connectivity index (χ1n) is 7.62. The zero-order valence-electron chi connectivity index (χ0n) is 13.5. The van der Waals surface area contributed by atoms with Crippen LogP contribution in [0.2, 0.25) is 5.02 Å². The molecule has 0 unspecified atom stereocenters. The molecule has 0 spiro atoms. The number of benzene rings is 1. The average molecular weight is 363 g/mol. The van der Waals surface area contributed by atoms with E-state index in [1.807, 2.05) is 13.1 Å². The van der Waals surface area contributed by atoms with Gasteiger partial charge in [-0.3, -0.25) is 14.8 Å². The van der Waals surface area contributed by atoms with E-state index < -0.39 is 5.82 Å². The highest BCUT2D eigenvalue weighted by Gasteiger charge is 2.11. The summed E-state index contributed by atoms with van der Waals surface area (Å²) in [6.45, 7) is 2.52. The van der Waals surface area contributed by atoms with Crippen LogP contribution in [0, 0.1) is 12.7 Å². The predicted molar refractivity (Wildman–Crippen MR) is 90.7 cm³/mol. The van der Waals surface area contributed by atoms with E-state index in [1.54, 1.807) is 16.9 Å². The Labute approximate surface area is 148 Å². The molecule has 2 heterocycles. The van der Waals surface area contributed by atoms with Crippen molar-refractivity contribution >= 4 is 23.5 Å². The van der Waals surface area contributed by atoms with E-state index in [0.717, 1.165) is 5.56 Å². The average Bonchev–Trinajstić information content (AvgIpc) is 3.18. The van der Waals surface area contributed by atoms with Gasteiger partial charge in [-0.25, -0.2) is 14.1 Å². The lowest BCUT2D eigenvalue weighted by atomic mass is 10.2. The van der Waals surface area contributed by atoms with E-state index in [1.165, 1.54) is 23.1 Å². The number of rotatable bonds is 6. The van der Waals surface area contributed by atoms with Gasteiger partial charge in [0.25, 0.3) is 0 Å². The Morgan fingerprint density at radius 1 is 1.36 bits per heavy atom. The summed E-state index contributed by atoms with van der Waals surface area (Å²) in [4.78, 5) is 15.9. The molecule has 3 rings (SSSR count). The van der Waals surface area contributed by atoms with Gasteiger partial charge in [0.05, 0.1) is 12.7 Å². The number of aromatic nitrogens is 5. The third-order valence-corrected chi connectivity index (χ3v) is 3.85. The molecule has 0 aliphatic heterocycles. The van der Waals surface area contributed by atoms with Crippen LogP contribution >= 0.6 is 11.6 Å². The van der Waals surface area contributed by atoms with Crippen LogP contribution < -0.4 is 5.32 Å². The molecule has 9 heteroatoms. The first-order valence-corrected chi connectivity index (χ1v) is 8.00. The molecule has 0 radical (unpaired) electrons. The molecule has 1 N–H and O–H groups in total. The molecule has 0 aliphatic carbocycles. The van der Waals surface area contributed by atoms with Crippen molar-refractivity contribution in [3.05, 3.63) is 58.9 Å². The number of hydrogen-bond acceptors (Lipinski definition) is 4. The van der Waals surface area contributed by atoms with Gasteiger partial charge in [-0.1, -0.05) is 17.7 Å². The fraction of sp³-hybridized carbons (Fsp3) is 0.250. The van der Waals surface area contributed by atoms with E-state index in [4.69, 9.17) is 11.6 Å². The Morgan fingerprint density at radius 2 is 2.20 bits per heavy atom. The number of carbonyl (C=O) groups excluding carboxylic acids is 1. The van der Waals surface area contributed by atoms with Crippen LogP contribution in [0.5, 0.6) is 0 Å². The maximum Gasteiger partial charge on any atom is 0.248 e. The molecule has 1 aromatic carbocycles. The van der Waals surface area contributed by atoms with E-state index >= 15 is 0 Å². The Balaban J connectivity index is 1.57. The van der Waals surface area contributed by atoms with Crippen molar-refractivity contribution in [1.82, 2.24) is 24.5 Å². The van der Waals surface area contributed by atoms with Crippen LogP contribution in [0.15, 0.2) is 36.9 Å². The molecule has 25 heavy (non-hydrogen) atoms. The standard InChI is InChI=1S/C16H16ClFN6O/c1-11-7-20-23(8-11)6-5-15(25)21-16-19-10-24(22-16)9-12-13(17)3-2-4-14(12)18/h2-4,7-8,10H,5-6,9H2,1H3,(H,21,22,25). The van der Waals surface area contributed by atoms with E-state index in [-0.39, 0.29) is 24.8 Å². The lowest BCUT2D eigenvalue weighted by molar-refractivity contribution is -0.116. The highest BCUT2D eigenvalue weighted by molar-refractivity contribution is 6.31. The largest absolute Gasteiger partial charge is 0.293 e. The summed E-state index contributed by atoms with van der Waals surface area (Å²) in [7, 11) is 0. The second kappa shape index (κ2) is 7.43. The van der Waals surface area contributed by atoms with Crippen molar-refractivity contribution in [3.8, 4) is 0 Å². The molecule has 0 bridgehead atoms. The van der Waals surface area contributed by atoms with Crippen LogP contribution in [0.25, 0.3) is 0 Å². The minimum atomic E-state index is -0.414. The first-order chi connectivity index (χ1) is 12.0. The fourth-order valence-corrected chi connectivity index (χ4v) is 2.49. The van der Waals surface area contributed by atoms with Crippen molar-refractivity contribution in [3.63, 3.8) is 0 Å². The predicted octanol–water partition coefficient (Wildman–Crippen LogP) is 2.65. The minimum absolute atomic E-state index is 0.126. The maximum absolute atomic E-state index is 13.8. The van der Waals surface area contributed by atoms with Gasteiger partial charge in [-0.2, -0.15) is 5.10 Å². The van der Waals surface area contributed by atoms with E-state index in [0.29, 0.717) is 17.1 Å². The lowest BCUT2D eigenvalue weighted by Crippen LogP contribution is -2.16. The molecular weight excluding hydrogens is 347 g/mol. The van der Waals surface area contributed by atoms with Crippen LogP contribution in [0.4, 0.5) is 10.3 Å². The number of nitrogens with zero attached hydrogens (tertiary/aromatic N) is 5. The number of halogens is 2. The van der Waals surface area contributed by atoms with E-state index in [2.05, 4.69) is 20.5 Å². The summed E-state index contributed by atoms with van der Waals surface area (Å²) >= 11 is 5.99. The highest BCUT2D eigenvalue weighted by atomic mass is 35.5. The molecule has 0 saturated heterocycles. The maximum atomic E-state index is 13.8. The third-order valence-electron chi connectivity index (χ3n) is 3.50. The van der Waals surface area contributed by atoms with Crippen LogP contribution in [-0.2, 0) is 17.9 Å². The summed E-state index contributed by atoms with van der Waals surface area (Å²) in [6.07, 6.45) is 5.25. The second-order valence-electron chi connectivity index (χ2n) is 5.54. The first kappa shape index (κ1) is 17.1. The number of carbonyl (C=O) groups is 1. The molecule has 2 aromatic heterocycles. The molecule has 1 amide bonds. The molecule has 0 saturated carbocycles. The van der Waals surface area contributed by atoms with Crippen LogP contribution in [0.1, 0.15) is 17.5 Å². The van der Waals surface area contributed by atoms with Crippen molar-refractivity contribution < 1.29 is 9.18 Å². The fourth-order valence-electron chi connectivity index (χ4n) is 2.27. The van der Waals surface area contributed by atoms with Crippen molar-refractivity contribution in [2.75, 3.05) is 5.32 Å². The molecular formula is C16H16ClFN6O. The number of aryl methyl sites for hydroxylation is 2. The van der Waals surface area contributed by atoms with Gasteiger partial charge in [-0.05, 0) is 24.6 Å². The number of hydrogen-bond donors (Lipinski definition) is 1. The van der Waals surface area contributed by atoms with Gasteiger partial charge >= 0.3 is 0 Å². The normalized spacial score (nSPS) is 10.8. The van der Waals surface area contributed by atoms with Gasteiger partial charge in [0.1, 0.15) is 12.1 Å². The summed E-state index contributed by atoms with van der Waals surface area (Å²) in [5.74, 6) is -0.480. The zero-order valence-corrected chi connectivity index (χ0v) is 14.2. The quantitative estimate of drug-likeness (QED) is 0.731. The number of amides is 1. The molecule has 0 atom stereocenters. The molecule has 7 nitrogen and oxygen atoms in total. The number of nitrogens with one attached hydrogen (secondary N) is 1. The van der Waals surface area contributed by atoms with Gasteiger partial charge in [-0.15, -0.1) is 5.10 Å².